The molecule has 3 rings (SSSR count). The molecule has 0 radical (unpaired) electrons. The minimum Gasteiger partial charge on any atom is -0.366 e. The Kier molecular flexibility index (Phi) is 5.88. The van der Waals surface area contributed by atoms with Crippen molar-refractivity contribution >= 4 is 23.4 Å². The average molecular weight is 384 g/mol. The molecule has 8 heteroatoms. The van der Waals surface area contributed by atoms with Gasteiger partial charge in [0.2, 0.25) is 0 Å². The Labute approximate surface area is 162 Å². The molecule has 2 aromatic carbocycles. The molecule has 1 fully saturated rings. The zero-order valence-electron chi connectivity index (χ0n) is 15.4. The highest BCUT2D eigenvalue weighted by atomic mass is 19.1. The van der Waals surface area contributed by atoms with Crippen LogP contribution in [0.25, 0.3) is 0 Å². The van der Waals surface area contributed by atoms with E-state index in [-0.39, 0.29) is 5.78 Å². The summed E-state index contributed by atoms with van der Waals surface area (Å²) < 4.78 is 14.3. The van der Waals surface area contributed by atoms with E-state index in [0.717, 1.165) is 0 Å². The molecule has 3 amide bonds. The van der Waals surface area contributed by atoms with Gasteiger partial charge in [0.15, 0.2) is 5.78 Å². The number of hydrazine groups is 1. The van der Waals surface area contributed by atoms with Crippen molar-refractivity contribution in [3.63, 3.8) is 0 Å². The fraction of sp³-hybridized carbons (Fsp3) is 0.250. The lowest BCUT2D eigenvalue weighted by Crippen LogP contribution is -2.55. The van der Waals surface area contributed by atoms with Crippen LogP contribution in [0.4, 0.5) is 14.9 Å². The van der Waals surface area contributed by atoms with Crippen molar-refractivity contribution in [2.45, 2.75) is 6.92 Å². The van der Waals surface area contributed by atoms with E-state index in [0.29, 0.717) is 43.0 Å². The topological polar surface area (TPSA) is 81.8 Å². The molecule has 28 heavy (non-hydrogen) atoms. The first-order valence-electron chi connectivity index (χ1n) is 8.91. The zero-order valence-corrected chi connectivity index (χ0v) is 15.4. The van der Waals surface area contributed by atoms with Crippen LogP contribution >= 0.6 is 0 Å². The molecule has 0 saturated carbocycles. The number of urea groups is 1. The highest BCUT2D eigenvalue weighted by Gasteiger charge is 2.23. The quantitative estimate of drug-likeness (QED) is 0.628. The molecule has 146 valence electrons. The highest BCUT2D eigenvalue weighted by Crippen LogP contribution is 2.22. The summed E-state index contributed by atoms with van der Waals surface area (Å²) in [6.07, 6.45) is 0. The number of amides is 3. The maximum absolute atomic E-state index is 14.3. The van der Waals surface area contributed by atoms with Gasteiger partial charge < -0.3 is 9.80 Å². The summed E-state index contributed by atoms with van der Waals surface area (Å²) in [6, 6.07) is 12.5. The van der Waals surface area contributed by atoms with Crippen LogP contribution in [0.3, 0.4) is 0 Å². The van der Waals surface area contributed by atoms with Crippen LogP contribution in [-0.2, 0) is 0 Å². The second kappa shape index (κ2) is 8.51. The number of benzene rings is 2. The van der Waals surface area contributed by atoms with Gasteiger partial charge in [0.05, 0.1) is 5.69 Å². The van der Waals surface area contributed by atoms with Gasteiger partial charge in [-0.05, 0) is 37.3 Å². The SMILES string of the molecule is CC(=O)c1ccc(N2CCN(C(=O)NNC(=O)c3ccccc3)CC2)c(F)c1. The van der Waals surface area contributed by atoms with Gasteiger partial charge in [-0.3, -0.25) is 15.0 Å². The molecule has 0 atom stereocenters. The van der Waals surface area contributed by atoms with Gasteiger partial charge in [0.25, 0.3) is 5.91 Å². The van der Waals surface area contributed by atoms with Gasteiger partial charge >= 0.3 is 6.03 Å². The van der Waals surface area contributed by atoms with E-state index in [1.54, 1.807) is 47.4 Å². The lowest BCUT2D eigenvalue weighted by Gasteiger charge is -2.36. The second-order valence-corrected chi connectivity index (χ2v) is 6.45. The summed E-state index contributed by atoms with van der Waals surface area (Å²) in [6.45, 7) is 3.02. The monoisotopic (exact) mass is 384 g/mol. The third-order valence-electron chi connectivity index (χ3n) is 4.58. The van der Waals surface area contributed by atoms with Crippen molar-refractivity contribution in [2.24, 2.45) is 0 Å². The molecule has 2 aromatic rings. The number of nitrogens with one attached hydrogen (secondary N) is 2. The molecule has 1 aliphatic heterocycles. The Bertz CT molecular complexity index is 880. The molecule has 0 aliphatic carbocycles. The Morgan fingerprint density at radius 2 is 1.57 bits per heavy atom. The molecule has 0 aromatic heterocycles. The van der Waals surface area contributed by atoms with E-state index in [9.17, 15) is 18.8 Å². The Morgan fingerprint density at radius 3 is 2.18 bits per heavy atom. The molecular weight excluding hydrogens is 363 g/mol. The van der Waals surface area contributed by atoms with Gasteiger partial charge in [-0.15, -0.1) is 0 Å². The number of hydrogen-bond donors (Lipinski definition) is 2. The van der Waals surface area contributed by atoms with Gasteiger partial charge in [0, 0.05) is 37.3 Å². The fourth-order valence-corrected chi connectivity index (χ4v) is 2.98. The molecule has 2 N–H and O–H groups in total. The molecule has 1 heterocycles. The number of nitrogens with zero attached hydrogens (tertiary/aromatic N) is 2. The molecular formula is C20H21FN4O3. The van der Waals surface area contributed by atoms with Crippen molar-refractivity contribution in [1.82, 2.24) is 15.8 Å². The molecule has 7 nitrogen and oxygen atoms in total. The van der Waals surface area contributed by atoms with E-state index >= 15 is 0 Å². The lowest BCUT2D eigenvalue weighted by atomic mass is 10.1. The zero-order chi connectivity index (χ0) is 20.1. The summed E-state index contributed by atoms with van der Waals surface area (Å²) in [4.78, 5) is 38.9. The van der Waals surface area contributed by atoms with Crippen molar-refractivity contribution in [3.05, 3.63) is 65.5 Å². The first-order chi connectivity index (χ1) is 13.5. The van der Waals surface area contributed by atoms with Crippen LogP contribution in [0.1, 0.15) is 27.6 Å². The summed E-state index contributed by atoms with van der Waals surface area (Å²) in [5.41, 5.74) is 5.95. The van der Waals surface area contributed by atoms with E-state index in [2.05, 4.69) is 10.9 Å². The van der Waals surface area contributed by atoms with Crippen LogP contribution in [0.5, 0.6) is 0 Å². The van der Waals surface area contributed by atoms with E-state index in [1.807, 2.05) is 4.90 Å². The fourth-order valence-electron chi connectivity index (χ4n) is 2.98. The Balaban J connectivity index is 1.51. The molecule has 0 unspecified atom stereocenters. The number of halogens is 1. The molecule has 0 bridgehead atoms. The second-order valence-electron chi connectivity index (χ2n) is 6.45. The Morgan fingerprint density at radius 1 is 0.893 bits per heavy atom. The van der Waals surface area contributed by atoms with Gasteiger partial charge in [-0.25, -0.2) is 14.6 Å². The number of carbonyl (C=O) groups excluding carboxylic acids is 3. The maximum Gasteiger partial charge on any atom is 0.336 e. The molecule has 1 saturated heterocycles. The van der Waals surface area contributed by atoms with Crippen molar-refractivity contribution in [1.29, 1.82) is 0 Å². The molecule has 0 spiro atoms. The third-order valence-corrected chi connectivity index (χ3v) is 4.58. The minimum absolute atomic E-state index is 0.190. The summed E-state index contributed by atoms with van der Waals surface area (Å²) in [5, 5.41) is 0. The largest absolute Gasteiger partial charge is 0.366 e. The van der Waals surface area contributed by atoms with Gasteiger partial charge in [0.1, 0.15) is 5.82 Å². The van der Waals surface area contributed by atoms with Crippen molar-refractivity contribution in [3.8, 4) is 0 Å². The summed E-state index contributed by atoms with van der Waals surface area (Å²) in [7, 11) is 0. The van der Waals surface area contributed by atoms with Crippen LogP contribution in [-0.4, -0.2) is 48.8 Å². The summed E-state index contributed by atoms with van der Waals surface area (Å²) in [5.74, 6) is -1.05. The predicted molar refractivity (Wildman–Crippen MR) is 103 cm³/mol. The van der Waals surface area contributed by atoms with E-state index < -0.39 is 17.8 Å². The standard InChI is InChI=1S/C20H21FN4O3/c1-14(26)16-7-8-18(17(21)13-16)24-9-11-25(12-10-24)20(28)23-22-19(27)15-5-3-2-4-6-15/h2-8,13H,9-12H2,1H3,(H,22,27)(H,23,28). The minimum atomic E-state index is -0.458. The number of piperazine rings is 1. The normalized spacial score (nSPS) is 13.8. The predicted octanol–water partition coefficient (Wildman–Crippen LogP) is 2.20. The van der Waals surface area contributed by atoms with Crippen molar-refractivity contribution in [2.75, 3.05) is 31.1 Å². The van der Waals surface area contributed by atoms with Crippen LogP contribution < -0.4 is 15.8 Å². The van der Waals surface area contributed by atoms with Gasteiger partial charge in [-0.1, -0.05) is 18.2 Å². The van der Waals surface area contributed by atoms with E-state index in [1.165, 1.54) is 13.0 Å². The molecule has 1 aliphatic rings. The number of ketones is 1. The number of anilines is 1. The summed E-state index contributed by atoms with van der Waals surface area (Å²) >= 11 is 0. The highest BCUT2D eigenvalue weighted by molar-refractivity contribution is 5.95. The van der Waals surface area contributed by atoms with Crippen LogP contribution in [0.15, 0.2) is 48.5 Å². The number of Topliss-reactive ketones (excluding diaryl/α,β-unsaturated/α-hetero) is 1. The Hall–Kier alpha value is -3.42. The maximum atomic E-state index is 14.3. The van der Waals surface area contributed by atoms with Crippen LogP contribution in [0.2, 0.25) is 0 Å². The first-order valence-corrected chi connectivity index (χ1v) is 8.91. The first kappa shape index (κ1) is 19.3. The third kappa shape index (κ3) is 4.46. The average Bonchev–Trinajstić information content (AvgIpc) is 2.72. The smallest absolute Gasteiger partial charge is 0.336 e. The lowest BCUT2D eigenvalue weighted by molar-refractivity contribution is 0.0928. The van der Waals surface area contributed by atoms with Gasteiger partial charge in [-0.2, -0.15) is 0 Å². The van der Waals surface area contributed by atoms with E-state index in [4.69, 9.17) is 0 Å². The van der Waals surface area contributed by atoms with Crippen LogP contribution in [0, 0.1) is 5.82 Å². The number of carbonyl (C=O) groups is 3. The van der Waals surface area contributed by atoms with Crippen molar-refractivity contribution < 1.29 is 18.8 Å². The number of hydrogen-bond acceptors (Lipinski definition) is 4. The number of rotatable bonds is 3.